The average molecular weight is 235 g/mol. The van der Waals surface area contributed by atoms with Crippen LogP contribution in [0.5, 0.6) is 5.75 Å². The number of nitrogens with two attached hydrogens (primary N) is 1. The maximum Gasteiger partial charge on any atom is 0.124 e. The Labute approximate surface area is 98.4 Å². The molecule has 0 saturated carbocycles. The van der Waals surface area contributed by atoms with Gasteiger partial charge in [0.05, 0.1) is 36.8 Å². The second kappa shape index (κ2) is 4.59. The van der Waals surface area contributed by atoms with Crippen molar-refractivity contribution in [3.8, 4) is 5.75 Å². The third-order valence-electron chi connectivity index (χ3n) is 2.42. The lowest BCUT2D eigenvalue weighted by atomic mass is 10.0. The van der Waals surface area contributed by atoms with E-state index in [2.05, 4.69) is 8.75 Å². The lowest BCUT2D eigenvalue weighted by molar-refractivity contribution is 0.407. The molecule has 0 fully saturated rings. The summed E-state index contributed by atoms with van der Waals surface area (Å²) in [6.07, 6.45) is 1.69. The summed E-state index contributed by atoms with van der Waals surface area (Å²) in [4.78, 5) is 0. The Balaban J connectivity index is 2.42. The van der Waals surface area contributed by atoms with Crippen molar-refractivity contribution >= 4 is 11.7 Å². The second-order valence-electron chi connectivity index (χ2n) is 3.56. The third kappa shape index (κ3) is 2.05. The first kappa shape index (κ1) is 11.0. The monoisotopic (exact) mass is 235 g/mol. The van der Waals surface area contributed by atoms with Gasteiger partial charge in [0.25, 0.3) is 0 Å². The van der Waals surface area contributed by atoms with E-state index in [0.29, 0.717) is 0 Å². The number of nitrogens with zero attached hydrogens (tertiary/aromatic N) is 2. The van der Waals surface area contributed by atoms with Crippen LogP contribution in [0.2, 0.25) is 0 Å². The molecule has 2 rings (SSSR count). The van der Waals surface area contributed by atoms with E-state index >= 15 is 0 Å². The Morgan fingerprint density at radius 3 is 2.88 bits per heavy atom. The Morgan fingerprint density at radius 2 is 2.25 bits per heavy atom. The molecule has 84 valence electrons. The first-order valence-corrected chi connectivity index (χ1v) is 5.63. The number of aromatic nitrogens is 2. The number of rotatable bonds is 3. The number of ether oxygens (including phenoxy) is 1. The topological polar surface area (TPSA) is 61.0 Å². The number of hydrogen-bond acceptors (Lipinski definition) is 5. The zero-order valence-electron chi connectivity index (χ0n) is 9.18. The SMILES string of the molecule is COc1ccc(C)cc1C(N)c1cnsn1. The molecule has 0 bridgehead atoms. The van der Waals surface area contributed by atoms with Crippen molar-refractivity contribution in [1.29, 1.82) is 0 Å². The summed E-state index contributed by atoms with van der Waals surface area (Å²) < 4.78 is 13.4. The summed E-state index contributed by atoms with van der Waals surface area (Å²) in [5.41, 5.74) is 8.99. The van der Waals surface area contributed by atoms with Crippen LogP contribution in [0, 0.1) is 6.92 Å². The van der Waals surface area contributed by atoms with Gasteiger partial charge in [0, 0.05) is 5.56 Å². The van der Waals surface area contributed by atoms with Crippen LogP contribution in [0.1, 0.15) is 22.9 Å². The van der Waals surface area contributed by atoms with Gasteiger partial charge in [-0.15, -0.1) is 0 Å². The second-order valence-corrected chi connectivity index (χ2v) is 4.11. The molecule has 1 aromatic carbocycles. The maximum atomic E-state index is 6.13. The third-order valence-corrected chi connectivity index (χ3v) is 2.91. The normalized spacial score (nSPS) is 12.4. The minimum atomic E-state index is -0.284. The summed E-state index contributed by atoms with van der Waals surface area (Å²) in [6.45, 7) is 2.02. The molecule has 0 aliphatic carbocycles. The quantitative estimate of drug-likeness (QED) is 0.882. The van der Waals surface area contributed by atoms with Crippen molar-refractivity contribution in [2.75, 3.05) is 7.11 Å². The van der Waals surface area contributed by atoms with Gasteiger partial charge in [0.1, 0.15) is 5.75 Å². The van der Waals surface area contributed by atoms with Gasteiger partial charge in [0.2, 0.25) is 0 Å². The van der Waals surface area contributed by atoms with Gasteiger partial charge in [0.15, 0.2) is 0 Å². The van der Waals surface area contributed by atoms with Crippen LogP contribution in [0.25, 0.3) is 0 Å². The highest BCUT2D eigenvalue weighted by Gasteiger charge is 2.16. The predicted molar refractivity (Wildman–Crippen MR) is 63.7 cm³/mol. The highest BCUT2D eigenvalue weighted by atomic mass is 32.1. The van der Waals surface area contributed by atoms with E-state index in [4.69, 9.17) is 10.5 Å². The molecule has 2 N–H and O–H groups in total. The minimum absolute atomic E-state index is 0.284. The largest absolute Gasteiger partial charge is 0.496 e. The van der Waals surface area contributed by atoms with Crippen molar-refractivity contribution in [2.45, 2.75) is 13.0 Å². The first-order valence-electron chi connectivity index (χ1n) is 4.90. The molecule has 1 aromatic heterocycles. The molecule has 2 aromatic rings. The van der Waals surface area contributed by atoms with Gasteiger partial charge in [-0.05, 0) is 13.0 Å². The summed E-state index contributed by atoms with van der Waals surface area (Å²) in [5, 5.41) is 0. The van der Waals surface area contributed by atoms with E-state index in [1.807, 2.05) is 25.1 Å². The Kier molecular flexibility index (Phi) is 3.17. The van der Waals surface area contributed by atoms with Gasteiger partial charge >= 0.3 is 0 Å². The summed E-state index contributed by atoms with van der Waals surface area (Å²) in [7, 11) is 1.64. The molecule has 0 aliphatic rings. The fourth-order valence-corrected chi connectivity index (χ4v) is 2.02. The van der Waals surface area contributed by atoms with Crippen molar-refractivity contribution in [2.24, 2.45) is 5.73 Å². The highest BCUT2D eigenvalue weighted by Crippen LogP contribution is 2.28. The van der Waals surface area contributed by atoms with E-state index in [1.54, 1.807) is 13.3 Å². The van der Waals surface area contributed by atoms with Crippen LogP contribution in [0.15, 0.2) is 24.4 Å². The van der Waals surface area contributed by atoms with Crippen LogP contribution >= 0.6 is 11.7 Å². The van der Waals surface area contributed by atoms with Crippen LogP contribution in [0.4, 0.5) is 0 Å². The fourth-order valence-electron chi connectivity index (χ4n) is 1.57. The maximum absolute atomic E-state index is 6.13. The molecule has 16 heavy (non-hydrogen) atoms. The molecule has 0 radical (unpaired) electrons. The standard InChI is InChI=1S/C11H13N3OS/c1-7-3-4-10(15-2)8(5-7)11(12)9-6-13-16-14-9/h3-6,11H,12H2,1-2H3. The number of aryl methyl sites for hydroxylation is 1. The van der Waals surface area contributed by atoms with E-state index in [9.17, 15) is 0 Å². The molecule has 5 heteroatoms. The van der Waals surface area contributed by atoms with Gasteiger partial charge in [-0.3, -0.25) is 0 Å². The number of methoxy groups -OCH3 is 1. The lowest BCUT2D eigenvalue weighted by Crippen LogP contribution is -2.13. The first-order chi connectivity index (χ1) is 7.72. The zero-order chi connectivity index (χ0) is 11.5. The summed E-state index contributed by atoms with van der Waals surface area (Å²) in [5.74, 6) is 0.783. The van der Waals surface area contributed by atoms with E-state index in [-0.39, 0.29) is 6.04 Å². The van der Waals surface area contributed by atoms with E-state index in [0.717, 1.165) is 34.3 Å². The van der Waals surface area contributed by atoms with Crippen molar-refractivity contribution in [1.82, 2.24) is 8.75 Å². The van der Waals surface area contributed by atoms with Crippen LogP contribution < -0.4 is 10.5 Å². The van der Waals surface area contributed by atoms with Crippen LogP contribution in [-0.4, -0.2) is 15.9 Å². The molecule has 4 nitrogen and oxygen atoms in total. The Bertz CT molecular complexity index is 470. The van der Waals surface area contributed by atoms with Crippen molar-refractivity contribution in [3.05, 3.63) is 41.2 Å². The number of benzene rings is 1. The molecule has 1 atom stereocenters. The molecule has 0 aliphatic heterocycles. The van der Waals surface area contributed by atoms with Gasteiger partial charge in [-0.25, -0.2) is 0 Å². The Morgan fingerprint density at radius 1 is 1.44 bits per heavy atom. The average Bonchev–Trinajstić information content (AvgIpc) is 2.81. The Hall–Kier alpha value is -1.46. The van der Waals surface area contributed by atoms with Crippen molar-refractivity contribution in [3.63, 3.8) is 0 Å². The predicted octanol–water partition coefficient (Wildman–Crippen LogP) is 1.90. The molecule has 0 saturated heterocycles. The smallest absolute Gasteiger partial charge is 0.124 e. The van der Waals surface area contributed by atoms with Crippen molar-refractivity contribution < 1.29 is 4.74 Å². The molecular weight excluding hydrogens is 222 g/mol. The van der Waals surface area contributed by atoms with Crippen LogP contribution in [0.3, 0.4) is 0 Å². The van der Waals surface area contributed by atoms with E-state index < -0.39 is 0 Å². The zero-order valence-corrected chi connectivity index (χ0v) is 9.99. The highest BCUT2D eigenvalue weighted by molar-refractivity contribution is 6.99. The molecular formula is C11H13N3OS. The minimum Gasteiger partial charge on any atom is -0.496 e. The molecule has 0 spiro atoms. The molecule has 1 unspecified atom stereocenters. The van der Waals surface area contributed by atoms with Gasteiger partial charge in [-0.1, -0.05) is 17.7 Å². The fraction of sp³-hybridized carbons (Fsp3) is 0.273. The molecule has 1 heterocycles. The lowest BCUT2D eigenvalue weighted by Gasteiger charge is -2.14. The molecule has 0 amide bonds. The number of hydrogen-bond donors (Lipinski definition) is 1. The summed E-state index contributed by atoms with van der Waals surface area (Å²) >= 11 is 1.16. The van der Waals surface area contributed by atoms with Gasteiger partial charge in [-0.2, -0.15) is 8.75 Å². The van der Waals surface area contributed by atoms with Crippen LogP contribution in [-0.2, 0) is 0 Å². The van der Waals surface area contributed by atoms with E-state index in [1.165, 1.54) is 0 Å². The van der Waals surface area contributed by atoms with Gasteiger partial charge < -0.3 is 10.5 Å². The summed E-state index contributed by atoms with van der Waals surface area (Å²) in [6, 6.07) is 5.65.